The van der Waals surface area contributed by atoms with Crippen LogP contribution in [0.5, 0.6) is 0 Å². The van der Waals surface area contributed by atoms with Crippen LogP contribution in [0, 0.1) is 40.4 Å². The summed E-state index contributed by atoms with van der Waals surface area (Å²) in [5.74, 6) is 4.64. The minimum atomic E-state index is 0.0417. The second kappa shape index (κ2) is 13.6. The second-order valence-electron chi connectivity index (χ2n) is 12.7. The van der Waals surface area contributed by atoms with Crippen molar-refractivity contribution >= 4 is 6.29 Å². The van der Waals surface area contributed by atoms with Gasteiger partial charge < -0.3 is 9.53 Å². The lowest BCUT2D eigenvalue weighted by atomic mass is 9.48. The Bertz CT molecular complexity index is 550. The molecule has 0 aromatic carbocycles. The molecule has 3 rings (SSSR count). The fourth-order valence-electron chi connectivity index (χ4n) is 7.79. The number of fused-ring (bicyclic) bond motifs is 1. The van der Waals surface area contributed by atoms with Gasteiger partial charge in [0.2, 0.25) is 0 Å². The molecule has 0 aromatic rings. The molecule has 0 aromatic heterocycles. The summed E-state index contributed by atoms with van der Waals surface area (Å²) in [6, 6.07) is 0. The first-order chi connectivity index (χ1) is 15.5. The van der Waals surface area contributed by atoms with Crippen molar-refractivity contribution in [2.75, 3.05) is 7.11 Å². The lowest BCUT2D eigenvalue weighted by molar-refractivity contribution is -0.108. The van der Waals surface area contributed by atoms with Crippen LogP contribution >= 0.6 is 0 Å². The van der Waals surface area contributed by atoms with E-state index >= 15 is 0 Å². The minimum Gasteiger partial charge on any atom is -0.379 e. The highest BCUT2D eigenvalue weighted by atomic mass is 16.5. The van der Waals surface area contributed by atoms with Gasteiger partial charge in [-0.1, -0.05) is 67.2 Å². The Hall–Kier alpha value is -0.370. The van der Waals surface area contributed by atoms with Gasteiger partial charge in [0, 0.05) is 13.5 Å². The van der Waals surface area contributed by atoms with E-state index in [2.05, 4.69) is 27.7 Å². The van der Waals surface area contributed by atoms with Crippen LogP contribution in [-0.4, -0.2) is 19.0 Å². The van der Waals surface area contributed by atoms with Crippen molar-refractivity contribution in [1.82, 2.24) is 0 Å². The summed E-state index contributed by atoms with van der Waals surface area (Å²) in [5, 5.41) is 0. The van der Waals surface area contributed by atoms with E-state index in [0.29, 0.717) is 10.8 Å². The van der Waals surface area contributed by atoms with Crippen LogP contribution in [0.4, 0.5) is 0 Å². The monoisotopic (exact) mass is 464 g/mol. The molecule has 33 heavy (non-hydrogen) atoms. The third-order valence-corrected chi connectivity index (χ3v) is 10.2. The topological polar surface area (TPSA) is 26.3 Å². The molecule has 3 saturated carbocycles. The largest absolute Gasteiger partial charge is 0.379 e. The first-order valence-electron chi connectivity index (χ1n) is 14.5. The van der Waals surface area contributed by atoms with Crippen molar-refractivity contribution in [2.45, 2.75) is 145 Å². The number of rotatable bonds is 6. The number of hydrogen-bond donors (Lipinski definition) is 0. The van der Waals surface area contributed by atoms with Gasteiger partial charge >= 0.3 is 0 Å². The molecular weight excluding hydrogens is 404 g/mol. The number of aldehydes is 1. The fraction of sp³-hybridized carbons (Fsp3) is 0.968. The Labute approximate surface area is 208 Å². The minimum absolute atomic E-state index is 0.0417. The summed E-state index contributed by atoms with van der Waals surface area (Å²) in [4.78, 5) is 10.7. The van der Waals surface area contributed by atoms with E-state index in [4.69, 9.17) is 4.74 Å². The SMILES string of the molecule is CC.CCC1C(C2(C)CCCCC2C)CCC2(C)C(CCCC=O)CCC12.COC(C)(C)C. The van der Waals surface area contributed by atoms with Gasteiger partial charge in [0.1, 0.15) is 6.29 Å². The first kappa shape index (κ1) is 30.7. The first-order valence-corrected chi connectivity index (χ1v) is 14.5. The molecule has 7 unspecified atom stereocenters. The van der Waals surface area contributed by atoms with Gasteiger partial charge in [-0.3, -0.25) is 0 Å². The summed E-state index contributed by atoms with van der Waals surface area (Å²) < 4.78 is 4.94. The van der Waals surface area contributed by atoms with Crippen molar-refractivity contribution in [2.24, 2.45) is 40.4 Å². The predicted molar refractivity (Wildman–Crippen MR) is 145 cm³/mol. The maximum absolute atomic E-state index is 10.7. The molecule has 0 amide bonds. The van der Waals surface area contributed by atoms with E-state index in [1.54, 1.807) is 7.11 Å². The Balaban J connectivity index is 0.000000593. The van der Waals surface area contributed by atoms with Crippen LogP contribution in [0.2, 0.25) is 0 Å². The molecule has 3 aliphatic carbocycles. The van der Waals surface area contributed by atoms with Crippen molar-refractivity contribution in [3.05, 3.63) is 0 Å². The molecule has 7 atom stereocenters. The van der Waals surface area contributed by atoms with Crippen LogP contribution in [-0.2, 0) is 9.53 Å². The van der Waals surface area contributed by atoms with Crippen molar-refractivity contribution in [1.29, 1.82) is 0 Å². The van der Waals surface area contributed by atoms with E-state index < -0.39 is 0 Å². The summed E-state index contributed by atoms with van der Waals surface area (Å²) >= 11 is 0. The lowest BCUT2D eigenvalue weighted by Gasteiger charge is -2.56. The standard InChI is InChI=1S/C24H42O.C5H12O.C2H6/c1-5-20-21-13-12-19(11-7-9-17-25)24(21,4)16-14-22(20)23(3)15-8-6-10-18(23)2;1-5(2,3)6-4;1-2/h17-22H,5-16H2,1-4H3;1-4H3;1-2H3. The average molecular weight is 465 g/mol. The molecule has 2 heteroatoms. The van der Waals surface area contributed by atoms with E-state index in [-0.39, 0.29) is 5.60 Å². The molecule has 196 valence electrons. The van der Waals surface area contributed by atoms with E-state index in [1.165, 1.54) is 64.2 Å². The van der Waals surface area contributed by atoms with E-state index in [1.807, 2.05) is 34.6 Å². The highest BCUT2D eigenvalue weighted by molar-refractivity contribution is 5.48. The van der Waals surface area contributed by atoms with Crippen molar-refractivity contribution in [3.8, 4) is 0 Å². The number of unbranched alkanes of at least 4 members (excludes halogenated alkanes) is 1. The summed E-state index contributed by atoms with van der Waals surface area (Å²) in [7, 11) is 1.71. The zero-order valence-electron chi connectivity index (χ0n) is 24.3. The van der Waals surface area contributed by atoms with E-state index in [9.17, 15) is 4.79 Å². The van der Waals surface area contributed by atoms with Gasteiger partial charge in [-0.15, -0.1) is 0 Å². The third-order valence-electron chi connectivity index (χ3n) is 10.2. The predicted octanol–water partition coefficient (Wildman–Crippen LogP) is 9.50. The molecule has 3 aliphatic rings. The number of ether oxygens (including phenoxy) is 1. The number of carbonyl (C=O) groups is 1. The number of hydrogen-bond acceptors (Lipinski definition) is 2. The molecule has 0 N–H and O–H groups in total. The maximum atomic E-state index is 10.7. The Morgan fingerprint density at radius 1 is 0.939 bits per heavy atom. The van der Waals surface area contributed by atoms with Gasteiger partial charge in [-0.2, -0.15) is 0 Å². The molecule has 0 radical (unpaired) electrons. The van der Waals surface area contributed by atoms with Gasteiger partial charge in [0.15, 0.2) is 0 Å². The maximum Gasteiger partial charge on any atom is 0.119 e. The van der Waals surface area contributed by atoms with Crippen LogP contribution in [0.25, 0.3) is 0 Å². The summed E-state index contributed by atoms with van der Waals surface area (Å²) in [6.07, 6.45) is 17.3. The van der Waals surface area contributed by atoms with Crippen LogP contribution in [0.3, 0.4) is 0 Å². The zero-order valence-corrected chi connectivity index (χ0v) is 24.3. The Morgan fingerprint density at radius 2 is 1.55 bits per heavy atom. The summed E-state index contributed by atoms with van der Waals surface area (Å²) in [5.41, 5.74) is 1.20. The molecule has 0 spiro atoms. The number of carbonyl (C=O) groups excluding carboxylic acids is 1. The molecule has 0 bridgehead atoms. The fourth-order valence-corrected chi connectivity index (χ4v) is 7.79. The average Bonchev–Trinajstić information content (AvgIpc) is 3.13. The quantitative estimate of drug-likeness (QED) is 0.289. The second-order valence-corrected chi connectivity index (χ2v) is 12.7. The number of methoxy groups -OCH3 is 1. The molecule has 2 nitrogen and oxygen atoms in total. The highest BCUT2D eigenvalue weighted by Gasteiger charge is 2.56. The smallest absolute Gasteiger partial charge is 0.119 e. The van der Waals surface area contributed by atoms with Gasteiger partial charge in [-0.25, -0.2) is 0 Å². The summed E-state index contributed by atoms with van der Waals surface area (Å²) in [6.45, 7) is 20.4. The normalized spacial score (nSPS) is 38.3. The van der Waals surface area contributed by atoms with Crippen LogP contribution in [0.15, 0.2) is 0 Å². The van der Waals surface area contributed by atoms with Crippen molar-refractivity contribution in [3.63, 3.8) is 0 Å². The zero-order chi connectivity index (χ0) is 25.3. The third kappa shape index (κ3) is 7.55. The van der Waals surface area contributed by atoms with Crippen LogP contribution in [0.1, 0.15) is 139 Å². The van der Waals surface area contributed by atoms with Gasteiger partial charge in [-0.05, 0) is 106 Å². The Kier molecular flexibility index (Phi) is 12.7. The molecule has 0 saturated heterocycles. The van der Waals surface area contributed by atoms with E-state index in [0.717, 1.165) is 48.7 Å². The highest BCUT2D eigenvalue weighted by Crippen LogP contribution is 2.65. The van der Waals surface area contributed by atoms with Gasteiger partial charge in [0.25, 0.3) is 0 Å². The lowest BCUT2D eigenvalue weighted by Crippen LogP contribution is -2.49. The van der Waals surface area contributed by atoms with Gasteiger partial charge in [0.05, 0.1) is 5.60 Å². The van der Waals surface area contributed by atoms with Crippen molar-refractivity contribution < 1.29 is 9.53 Å². The Morgan fingerprint density at radius 3 is 2.06 bits per heavy atom. The molecule has 3 fully saturated rings. The molecular formula is C31H60O2. The molecule has 0 heterocycles. The molecule has 0 aliphatic heterocycles. The van der Waals surface area contributed by atoms with Crippen LogP contribution < -0.4 is 0 Å².